The van der Waals surface area contributed by atoms with Crippen molar-refractivity contribution in [3.8, 4) is 5.75 Å². The van der Waals surface area contributed by atoms with Gasteiger partial charge in [-0.25, -0.2) is 0 Å². The van der Waals surface area contributed by atoms with E-state index >= 15 is 0 Å². The van der Waals surface area contributed by atoms with Crippen LogP contribution in [-0.2, 0) is 4.79 Å². The van der Waals surface area contributed by atoms with Crippen LogP contribution in [0.25, 0.3) is 10.8 Å². The second-order valence-corrected chi connectivity index (χ2v) is 8.97. The summed E-state index contributed by atoms with van der Waals surface area (Å²) in [4.78, 5) is 35.8. The van der Waals surface area contributed by atoms with Crippen molar-refractivity contribution in [2.24, 2.45) is 11.8 Å². The van der Waals surface area contributed by atoms with Crippen molar-refractivity contribution in [3.63, 3.8) is 0 Å². The van der Waals surface area contributed by atoms with Crippen LogP contribution in [0.3, 0.4) is 0 Å². The van der Waals surface area contributed by atoms with E-state index in [1.54, 1.807) is 30.3 Å². The first-order valence-corrected chi connectivity index (χ1v) is 12.0. The van der Waals surface area contributed by atoms with Crippen molar-refractivity contribution < 1.29 is 24.2 Å². The molecule has 1 saturated carbocycles. The first kappa shape index (κ1) is 24.3. The standard InChI is InChI=1S/C28H30N2O5/c31-26(29-15-16-30-27(32)24-10-9-20-3-1-2-4-23(20)17-24)21-11-13-25(14-12-21)35-18-19-5-7-22(8-6-19)28(33)34/h1-4,9-14,17,19,22H,5-8,15-16,18H2,(H,29,31)(H,30,32)(H,33,34). The molecule has 3 N–H and O–H groups in total. The quantitative estimate of drug-likeness (QED) is 0.402. The van der Waals surface area contributed by atoms with Gasteiger partial charge in [-0.15, -0.1) is 0 Å². The largest absolute Gasteiger partial charge is 0.493 e. The van der Waals surface area contributed by atoms with Gasteiger partial charge in [-0.2, -0.15) is 0 Å². The second kappa shape index (κ2) is 11.5. The molecule has 7 heteroatoms. The van der Waals surface area contributed by atoms with Gasteiger partial charge in [0.25, 0.3) is 11.8 Å². The van der Waals surface area contributed by atoms with E-state index in [9.17, 15) is 14.4 Å². The van der Waals surface area contributed by atoms with Gasteiger partial charge in [0.15, 0.2) is 0 Å². The van der Waals surface area contributed by atoms with Crippen LogP contribution in [0, 0.1) is 11.8 Å². The molecule has 2 amide bonds. The predicted molar refractivity (Wildman–Crippen MR) is 134 cm³/mol. The average molecular weight is 475 g/mol. The van der Waals surface area contributed by atoms with E-state index in [-0.39, 0.29) is 17.7 Å². The SMILES string of the molecule is O=C(NCCNC(=O)c1ccc2ccccc2c1)c1ccc(OCC2CCC(C(=O)O)CC2)cc1. The lowest BCUT2D eigenvalue weighted by Gasteiger charge is -2.25. The van der Waals surface area contributed by atoms with Gasteiger partial charge >= 0.3 is 5.97 Å². The lowest BCUT2D eigenvalue weighted by Crippen LogP contribution is -2.34. The topological polar surface area (TPSA) is 105 Å². The summed E-state index contributed by atoms with van der Waals surface area (Å²) >= 11 is 0. The molecule has 3 aromatic carbocycles. The van der Waals surface area contributed by atoms with E-state index in [2.05, 4.69) is 10.6 Å². The van der Waals surface area contributed by atoms with Crippen LogP contribution in [0.1, 0.15) is 46.4 Å². The normalized spacial score (nSPS) is 17.5. The highest BCUT2D eigenvalue weighted by atomic mass is 16.5. The lowest BCUT2D eigenvalue weighted by atomic mass is 9.82. The molecule has 0 aromatic heterocycles. The van der Waals surface area contributed by atoms with Gasteiger partial charge < -0.3 is 20.5 Å². The zero-order valence-electron chi connectivity index (χ0n) is 19.5. The van der Waals surface area contributed by atoms with Gasteiger partial charge in [-0.1, -0.05) is 30.3 Å². The highest BCUT2D eigenvalue weighted by molar-refractivity contribution is 5.98. The molecule has 0 spiro atoms. The minimum absolute atomic E-state index is 0.178. The van der Waals surface area contributed by atoms with Crippen molar-refractivity contribution in [2.45, 2.75) is 25.7 Å². The van der Waals surface area contributed by atoms with E-state index in [0.29, 0.717) is 55.3 Å². The van der Waals surface area contributed by atoms with Crippen LogP contribution in [-0.4, -0.2) is 42.6 Å². The van der Waals surface area contributed by atoms with Crippen molar-refractivity contribution in [2.75, 3.05) is 19.7 Å². The summed E-state index contributed by atoms with van der Waals surface area (Å²) in [6.07, 6.45) is 3.11. The van der Waals surface area contributed by atoms with Crippen molar-refractivity contribution in [1.29, 1.82) is 0 Å². The number of benzene rings is 3. The molecule has 0 bridgehead atoms. The number of carbonyl (C=O) groups is 3. The summed E-state index contributed by atoms with van der Waals surface area (Å²) in [5.74, 6) is -0.281. The third-order valence-electron chi connectivity index (χ3n) is 6.51. The molecule has 4 rings (SSSR count). The number of amides is 2. The van der Waals surface area contributed by atoms with E-state index < -0.39 is 5.97 Å². The number of nitrogens with one attached hydrogen (secondary N) is 2. The summed E-state index contributed by atoms with van der Waals surface area (Å²) in [6.45, 7) is 1.19. The molecule has 0 radical (unpaired) electrons. The van der Waals surface area contributed by atoms with Gasteiger partial charge in [0.2, 0.25) is 0 Å². The smallest absolute Gasteiger partial charge is 0.306 e. The van der Waals surface area contributed by atoms with Gasteiger partial charge in [-0.05, 0) is 78.8 Å². The summed E-state index contributed by atoms with van der Waals surface area (Å²) in [5.41, 5.74) is 1.10. The minimum atomic E-state index is -0.703. The Kier molecular flexibility index (Phi) is 7.98. The van der Waals surface area contributed by atoms with Crippen molar-refractivity contribution in [3.05, 3.63) is 77.9 Å². The van der Waals surface area contributed by atoms with Crippen molar-refractivity contribution in [1.82, 2.24) is 10.6 Å². The molecule has 1 aliphatic carbocycles. The van der Waals surface area contributed by atoms with Crippen LogP contribution in [0.4, 0.5) is 0 Å². The first-order chi connectivity index (χ1) is 17.0. The Morgan fingerprint density at radius 2 is 1.37 bits per heavy atom. The minimum Gasteiger partial charge on any atom is -0.493 e. The maximum Gasteiger partial charge on any atom is 0.306 e. The molecular weight excluding hydrogens is 444 g/mol. The molecule has 0 atom stereocenters. The van der Waals surface area contributed by atoms with Gasteiger partial charge in [-0.3, -0.25) is 14.4 Å². The zero-order valence-corrected chi connectivity index (χ0v) is 19.5. The van der Waals surface area contributed by atoms with E-state index in [1.165, 1.54) is 0 Å². The lowest BCUT2D eigenvalue weighted by molar-refractivity contribution is -0.143. The van der Waals surface area contributed by atoms with Crippen LogP contribution >= 0.6 is 0 Å². The Balaban J connectivity index is 1.16. The monoisotopic (exact) mass is 474 g/mol. The number of rotatable bonds is 9. The molecule has 0 heterocycles. The van der Waals surface area contributed by atoms with E-state index in [1.807, 2.05) is 36.4 Å². The van der Waals surface area contributed by atoms with Gasteiger partial charge in [0.05, 0.1) is 12.5 Å². The summed E-state index contributed by atoms with van der Waals surface area (Å²) in [6, 6.07) is 20.4. The Bertz CT molecular complexity index is 1180. The van der Waals surface area contributed by atoms with E-state index in [0.717, 1.165) is 23.6 Å². The Morgan fingerprint density at radius 1 is 0.771 bits per heavy atom. The van der Waals surface area contributed by atoms with Crippen LogP contribution in [0.5, 0.6) is 5.75 Å². The fourth-order valence-corrected chi connectivity index (χ4v) is 4.38. The Hall–Kier alpha value is -3.87. The fourth-order valence-electron chi connectivity index (χ4n) is 4.38. The molecule has 1 aliphatic rings. The molecular formula is C28H30N2O5. The summed E-state index contributed by atoms with van der Waals surface area (Å²) in [7, 11) is 0. The molecule has 0 saturated heterocycles. The third kappa shape index (κ3) is 6.59. The van der Waals surface area contributed by atoms with Crippen LogP contribution in [0.15, 0.2) is 66.7 Å². The number of hydrogen-bond acceptors (Lipinski definition) is 4. The first-order valence-electron chi connectivity index (χ1n) is 12.0. The maximum absolute atomic E-state index is 12.4. The number of carboxylic acid groups (broad SMARTS) is 1. The van der Waals surface area contributed by atoms with Gasteiger partial charge in [0, 0.05) is 24.2 Å². The maximum atomic E-state index is 12.4. The highest BCUT2D eigenvalue weighted by Crippen LogP contribution is 2.29. The highest BCUT2D eigenvalue weighted by Gasteiger charge is 2.26. The van der Waals surface area contributed by atoms with E-state index in [4.69, 9.17) is 9.84 Å². The summed E-state index contributed by atoms with van der Waals surface area (Å²) < 4.78 is 5.84. The molecule has 1 fully saturated rings. The zero-order chi connectivity index (χ0) is 24.6. The Labute approximate surface area is 204 Å². The molecule has 182 valence electrons. The van der Waals surface area contributed by atoms with Crippen LogP contribution in [0.2, 0.25) is 0 Å². The third-order valence-corrected chi connectivity index (χ3v) is 6.51. The number of fused-ring (bicyclic) bond motifs is 1. The number of hydrogen-bond donors (Lipinski definition) is 3. The molecule has 3 aromatic rings. The second-order valence-electron chi connectivity index (χ2n) is 8.97. The van der Waals surface area contributed by atoms with Gasteiger partial charge in [0.1, 0.15) is 5.75 Å². The number of carbonyl (C=O) groups excluding carboxylic acids is 2. The number of ether oxygens (including phenoxy) is 1. The number of aliphatic carboxylic acids is 1. The molecule has 0 aliphatic heterocycles. The predicted octanol–water partition coefficient (Wildman–Crippen LogP) is 4.27. The van der Waals surface area contributed by atoms with Crippen molar-refractivity contribution >= 4 is 28.6 Å². The molecule has 7 nitrogen and oxygen atoms in total. The summed E-state index contributed by atoms with van der Waals surface area (Å²) in [5, 5.41) is 16.8. The Morgan fingerprint density at radius 3 is 2.03 bits per heavy atom. The molecule has 0 unspecified atom stereocenters. The molecule has 35 heavy (non-hydrogen) atoms. The fraction of sp³-hybridized carbons (Fsp3) is 0.321. The van der Waals surface area contributed by atoms with Crippen LogP contribution < -0.4 is 15.4 Å². The average Bonchev–Trinajstić information content (AvgIpc) is 2.90. The number of carboxylic acids is 1.